The molecule has 0 aromatic heterocycles. The lowest BCUT2D eigenvalue weighted by Crippen LogP contribution is -2.27. The molecule has 1 unspecified atom stereocenters. The van der Waals surface area contributed by atoms with Gasteiger partial charge in [0.05, 0.1) is 13.2 Å². The van der Waals surface area contributed by atoms with Gasteiger partial charge in [-0.25, -0.2) is 0 Å². The van der Waals surface area contributed by atoms with Crippen molar-refractivity contribution in [2.24, 2.45) is 0 Å². The van der Waals surface area contributed by atoms with Crippen LogP contribution in [0.25, 0.3) is 0 Å². The van der Waals surface area contributed by atoms with Gasteiger partial charge < -0.3 is 14.6 Å². The van der Waals surface area contributed by atoms with Crippen molar-refractivity contribution < 1.29 is 19.4 Å². The molecular formula is C49H76O4. The molecule has 0 aliphatic heterocycles. The molecule has 0 spiro atoms. The van der Waals surface area contributed by atoms with E-state index < -0.39 is 6.10 Å². The fourth-order valence-corrected chi connectivity index (χ4v) is 4.94. The molecule has 296 valence electrons. The summed E-state index contributed by atoms with van der Waals surface area (Å²) in [5.74, 6) is -0.251. The Morgan fingerprint density at radius 3 is 1.15 bits per heavy atom. The van der Waals surface area contributed by atoms with E-state index in [0.29, 0.717) is 13.0 Å². The summed E-state index contributed by atoms with van der Waals surface area (Å²) < 4.78 is 11.1. The molecule has 4 heteroatoms. The van der Waals surface area contributed by atoms with Gasteiger partial charge in [0.15, 0.2) is 0 Å². The molecule has 0 aliphatic carbocycles. The van der Waals surface area contributed by atoms with Crippen molar-refractivity contribution in [3.8, 4) is 0 Å². The number of allylic oxidation sites excluding steroid dienone is 22. The molecule has 0 saturated carbocycles. The minimum atomic E-state index is -0.580. The lowest BCUT2D eigenvalue weighted by molar-refractivity contribution is -0.154. The van der Waals surface area contributed by atoms with Gasteiger partial charge >= 0.3 is 5.97 Å². The highest BCUT2D eigenvalue weighted by Gasteiger charge is 2.13. The van der Waals surface area contributed by atoms with Gasteiger partial charge in [0.2, 0.25) is 0 Å². The minimum absolute atomic E-state index is 0.209. The van der Waals surface area contributed by atoms with E-state index in [1.807, 2.05) is 0 Å². The van der Waals surface area contributed by atoms with Crippen LogP contribution in [0.4, 0.5) is 0 Å². The van der Waals surface area contributed by atoms with Crippen molar-refractivity contribution in [3.63, 3.8) is 0 Å². The lowest BCUT2D eigenvalue weighted by Gasteiger charge is -2.15. The summed E-state index contributed by atoms with van der Waals surface area (Å²) >= 11 is 0. The van der Waals surface area contributed by atoms with Gasteiger partial charge in [0.1, 0.15) is 6.10 Å². The number of carbonyl (C=O) groups is 1. The molecule has 53 heavy (non-hydrogen) atoms. The van der Waals surface area contributed by atoms with Crippen molar-refractivity contribution in [1.82, 2.24) is 0 Å². The number of ether oxygens (including phenoxy) is 2. The Morgan fingerprint density at radius 1 is 0.453 bits per heavy atom. The predicted molar refractivity (Wildman–Crippen MR) is 232 cm³/mol. The number of carbonyl (C=O) groups excluding carboxylic acids is 1. The van der Waals surface area contributed by atoms with E-state index >= 15 is 0 Å². The number of hydrogen-bond acceptors (Lipinski definition) is 4. The third-order valence-corrected chi connectivity index (χ3v) is 7.97. The third kappa shape index (κ3) is 42.8. The van der Waals surface area contributed by atoms with Crippen LogP contribution in [-0.2, 0) is 14.3 Å². The number of unbranched alkanes of at least 4 members (excludes halogenated alkanes) is 6. The van der Waals surface area contributed by atoms with Crippen molar-refractivity contribution >= 4 is 5.97 Å². The summed E-state index contributed by atoms with van der Waals surface area (Å²) in [6.45, 7) is 4.98. The van der Waals surface area contributed by atoms with Gasteiger partial charge in [-0.15, -0.1) is 0 Å². The topological polar surface area (TPSA) is 55.8 Å². The number of hydrogen-bond donors (Lipinski definition) is 1. The second-order valence-corrected chi connectivity index (χ2v) is 12.9. The lowest BCUT2D eigenvalue weighted by atomic mass is 10.1. The van der Waals surface area contributed by atoms with E-state index in [2.05, 4.69) is 148 Å². The van der Waals surface area contributed by atoms with E-state index in [9.17, 15) is 9.90 Å². The quantitative estimate of drug-likeness (QED) is 0.0396. The maximum atomic E-state index is 12.2. The van der Waals surface area contributed by atoms with Gasteiger partial charge in [-0.3, -0.25) is 4.79 Å². The normalized spacial score (nSPS) is 13.8. The highest BCUT2D eigenvalue weighted by molar-refractivity contribution is 5.69. The summed E-state index contributed by atoms with van der Waals surface area (Å²) in [6.07, 6.45) is 67.9. The van der Waals surface area contributed by atoms with Gasteiger partial charge in [-0.1, -0.05) is 160 Å². The monoisotopic (exact) mass is 729 g/mol. The van der Waals surface area contributed by atoms with E-state index in [1.165, 1.54) is 0 Å². The molecule has 0 amide bonds. The maximum absolute atomic E-state index is 12.2. The van der Waals surface area contributed by atoms with Crippen molar-refractivity contribution in [2.75, 3.05) is 19.8 Å². The Balaban J connectivity index is 3.66. The van der Waals surface area contributed by atoms with Crippen molar-refractivity contribution in [2.45, 2.75) is 148 Å². The van der Waals surface area contributed by atoms with E-state index in [1.54, 1.807) is 0 Å². The average Bonchev–Trinajstić information content (AvgIpc) is 3.16. The fraction of sp³-hybridized carbons (Fsp3) is 0.531. The zero-order valence-electron chi connectivity index (χ0n) is 33.7. The molecular weight excluding hydrogens is 653 g/mol. The molecule has 0 aliphatic rings. The van der Waals surface area contributed by atoms with Crippen LogP contribution in [0.3, 0.4) is 0 Å². The smallest absolute Gasteiger partial charge is 0.306 e. The highest BCUT2D eigenvalue weighted by atomic mass is 16.6. The van der Waals surface area contributed by atoms with Crippen LogP contribution in [0.15, 0.2) is 134 Å². The minimum Gasteiger partial charge on any atom is -0.457 e. The maximum Gasteiger partial charge on any atom is 0.306 e. The second-order valence-electron chi connectivity index (χ2n) is 12.9. The third-order valence-electron chi connectivity index (χ3n) is 7.97. The van der Waals surface area contributed by atoms with Crippen LogP contribution in [-0.4, -0.2) is 37.0 Å². The molecule has 0 radical (unpaired) electrons. The zero-order valence-corrected chi connectivity index (χ0v) is 33.7. The molecule has 0 saturated heterocycles. The van der Waals surface area contributed by atoms with Gasteiger partial charge in [0.25, 0.3) is 0 Å². The average molecular weight is 729 g/mol. The molecule has 4 nitrogen and oxygen atoms in total. The molecule has 0 heterocycles. The zero-order chi connectivity index (χ0) is 38.4. The van der Waals surface area contributed by atoms with E-state index in [0.717, 1.165) is 122 Å². The summed E-state index contributed by atoms with van der Waals surface area (Å²) in [7, 11) is 0. The van der Waals surface area contributed by atoms with Gasteiger partial charge in [0, 0.05) is 13.0 Å². The first-order valence-electron chi connectivity index (χ1n) is 20.8. The molecule has 1 atom stereocenters. The van der Waals surface area contributed by atoms with Crippen molar-refractivity contribution in [3.05, 3.63) is 134 Å². The Bertz CT molecular complexity index is 1130. The largest absolute Gasteiger partial charge is 0.457 e. The first kappa shape index (κ1) is 49.5. The van der Waals surface area contributed by atoms with Crippen molar-refractivity contribution in [1.29, 1.82) is 0 Å². The Kier molecular flexibility index (Phi) is 41.8. The standard InChI is InChI=1S/C49H76O4/c1-3-5-7-9-11-13-15-17-19-21-22-23-24-25-26-27-28-29-30-32-34-36-38-40-42-44-49(51)53-48(46-50)47-52-45-43-41-39-37-35-33-31-20-18-16-14-12-10-8-6-4-2/h5-8,11-14,17-20,22-23,25-26,28-29,32-35,48,50H,3-4,9-10,15-16,21,24,27,30-31,36-47H2,1-2H3/b7-5-,8-6-,13-11-,14-12-,19-17-,20-18-,23-22-,26-25-,29-28-,34-32-,35-33-. The predicted octanol–water partition coefficient (Wildman–Crippen LogP) is 13.9. The molecule has 0 aromatic carbocycles. The summed E-state index contributed by atoms with van der Waals surface area (Å²) in [5, 5.41) is 9.59. The van der Waals surface area contributed by atoms with E-state index in [-0.39, 0.29) is 19.2 Å². The van der Waals surface area contributed by atoms with Crippen LogP contribution in [0.1, 0.15) is 142 Å². The molecule has 0 aromatic rings. The fourth-order valence-electron chi connectivity index (χ4n) is 4.94. The summed E-state index contributed by atoms with van der Waals surface area (Å²) in [5.41, 5.74) is 0. The first-order chi connectivity index (χ1) is 26.2. The number of aliphatic hydroxyl groups is 1. The van der Waals surface area contributed by atoms with Crippen LogP contribution in [0.5, 0.6) is 0 Å². The molecule has 0 fully saturated rings. The second kappa shape index (κ2) is 44.7. The van der Waals surface area contributed by atoms with Crippen LogP contribution >= 0.6 is 0 Å². The van der Waals surface area contributed by atoms with Crippen LogP contribution in [0.2, 0.25) is 0 Å². The van der Waals surface area contributed by atoms with Crippen LogP contribution in [0, 0.1) is 0 Å². The molecule has 1 N–H and O–H groups in total. The van der Waals surface area contributed by atoms with E-state index in [4.69, 9.17) is 9.47 Å². The molecule has 0 rings (SSSR count). The number of esters is 1. The number of aliphatic hydroxyl groups excluding tert-OH is 1. The highest BCUT2D eigenvalue weighted by Crippen LogP contribution is 2.08. The Labute approximate surface area is 326 Å². The summed E-state index contributed by atoms with van der Waals surface area (Å²) in [4.78, 5) is 12.2. The molecule has 0 bridgehead atoms. The SMILES string of the molecule is CC/C=C\C/C=C\C/C=C\C/C=C\C/C=C\C/C=C\C/C=C\CCCCCC(=O)OC(CO)COCCCCC/C=C\C/C=C\C/C=C\C/C=C\CC. The van der Waals surface area contributed by atoms with Gasteiger partial charge in [-0.2, -0.15) is 0 Å². The summed E-state index contributed by atoms with van der Waals surface area (Å²) in [6, 6.07) is 0. The first-order valence-corrected chi connectivity index (χ1v) is 20.8. The Morgan fingerprint density at radius 2 is 0.792 bits per heavy atom. The number of rotatable bonds is 36. The van der Waals surface area contributed by atoms with Gasteiger partial charge in [-0.05, 0) is 109 Å². The van der Waals surface area contributed by atoms with Crippen LogP contribution < -0.4 is 0 Å². The Hall–Kier alpha value is -3.47.